The summed E-state index contributed by atoms with van der Waals surface area (Å²) in [4.78, 5) is 13.5. The predicted octanol–water partition coefficient (Wildman–Crippen LogP) is 1.30. The molecule has 1 aromatic rings. The smallest absolute Gasteiger partial charge is 0.253 e. The maximum atomic E-state index is 11.9. The molecule has 0 aliphatic heterocycles. The number of aryl methyl sites for hydroxylation is 1. The first-order valence-corrected chi connectivity index (χ1v) is 5.16. The molecule has 0 bridgehead atoms. The number of ether oxygens (including phenoxy) is 1. The molecule has 0 spiro atoms. The Bertz CT molecular complexity index is 377. The summed E-state index contributed by atoms with van der Waals surface area (Å²) >= 11 is 0. The second-order valence-electron chi connectivity index (χ2n) is 3.79. The first kappa shape index (κ1) is 12.5. The number of methoxy groups -OCH3 is 1. The van der Waals surface area contributed by atoms with Gasteiger partial charge in [0.05, 0.1) is 6.61 Å². The van der Waals surface area contributed by atoms with Crippen LogP contribution in [0.2, 0.25) is 0 Å². The van der Waals surface area contributed by atoms with Crippen LogP contribution in [-0.4, -0.2) is 38.1 Å². The van der Waals surface area contributed by atoms with E-state index in [1.165, 1.54) is 0 Å². The van der Waals surface area contributed by atoms with Crippen molar-refractivity contribution in [1.82, 2.24) is 4.90 Å². The van der Waals surface area contributed by atoms with Gasteiger partial charge >= 0.3 is 0 Å². The van der Waals surface area contributed by atoms with Gasteiger partial charge in [-0.1, -0.05) is 6.07 Å². The third kappa shape index (κ3) is 2.97. The number of carbonyl (C=O) groups excluding carboxylic acids is 1. The first-order valence-electron chi connectivity index (χ1n) is 5.16. The van der Waals surface area contributed by atoms with E-state index in [2.05, 4.69) is 0 Å². The fourth-order valence-electron chi connectivity index (χ4n) is 1.32. The molecule has 0 heterocycles. The normalized spacial score (nSPS) is 10.2. The van der Waals surface area contributed by atoms with Gasteiger partial charge < -0.3 is 15.4 Å². The van der Waals surface area contributed by atoms with E-state index in [-0.39, 0.29) is 5.91 Å². The molecular formula is C12H18N2O2. The highest BCUT2D eigenvalue weighted by Crippen LogP contribution is 2.14. The van der Waals surface area contributed by atoms with E-state index in [0.717, 1.165) is 5.56 Å². The second-order valence-corrected chi connectivity index (χ2v) is 3.79. The summed E-state index contributed by atoms with van der Waals surface area (Å²) in [6.45, 7) is 3.02. The molecule has 88 valence electrons. The molecule has 0 aromatic heterocycles. The lowest BCUT2D eigenvalue weighted by Gasteiger charge is -2.17. The van der Waals surface area contributed by atoms with E-state index in [1.807, 2.05) is 13.0 Å². The maximum Gasteiger partial charge on any atom is 0.253 e. The number of anilines is 1. The van der Waals surface area contributed by atoms with Gasteiger partial charge in [-0.3, -0.25) is 4.79 Å². The molecule has 0 saturated carbocycles. The number of likely N-dealkylation sites (N-methyl/N-ethyl adjacent to an activating group) is 1. The quantitative estimate of drug-likeness (QED) is 0.781. The van der Waals surface area contributed by atoms with Crippen LogP contribution in [-0.2, 0) is 4.74 Å². The maximum absolute atomic E-state index is 11.9. The molecule has 0 aliphatic carbocycles. The van der Waals surface area contributed by atoms with E-state index < -0.39 is 0 Å². The molecular weight excluding hydrogens is 204 g/mol. The van der Waals surface area contributed by atoms with Crippen LogP contribution >= 0.6 is 0 Å². The number of nitrogens with two attached hydrogens (primary N) is 1. The summed E-state index contributed by atoms with van der Waals surface area (Å²) in [5, 5.41) is 0. The highest BCUT2D eigenvalue weighted by molar-refractivity contribution is 5.95. The number of benzene rings is 1. The largest absolute Gasteiger partial charge is 0.398 e. The molecule has 0 saturated heterocycles. The molecule has 0 atom stereocenters. The monoisotopic (exact) mass is 222 g/mol. The molecule has 4 nitrogen and oxygen atoms in total. The lowest BCUT2D eigenvalue weighted by atomic mass is 10.1. The number of hydrogen-bond donors (Lipinski definition) is 1. The molecule has 4 heteroatoms. The summed E-state index contributed by atoms with van der Waals surface area (Å²) in [5.41, 5.74) is 8.00. The van der Waals surface area contributed by atoms with Crippen molar-refractivity contribution in [3.63, 3.8) is 0 Å². The van der Waals surface area contributed by atoms with Crippen molar-refractivity contribution in [2.75, 3.05) is 33.0 Å². The topological polar surface area (TPSA) is 55.6 Å². The highest BCUT2D eigenvalue weighted by atomic mass is 16.5. The van der Waals surface area contributed by atoms with Gasteiger partial charge in [-0.05, 0) is 24.6 Å². The zero-order valence-electron chi connectivity index (χ0n) is 9.99. The molecule has 0 aliphatic rings. The SMILES string of the molecule is COCCN(C)C(=O)c1ccc(C)c(N)c1. The average molecular weight is 222 g/mol. The Morgan fingerprint density at radius 3 is 2.75 bits per heavy atom. The van der Waals surface area contributed by atoms with Crippen molar-refractivity contribution in [3.8, 4) is 0 Å². The Balaban J connectivity index is 2.76. The Labute approximate surface area is 96.0 Å². The lowest BCUT2D eigenvalue weighted by Crippen LogP contribution is -2.29. The van der Waals surface area contributed by atoms with Crippen LogP contribution in [0.1, 0.15) is 15.9 Å². The van der Waals surface area contributed by atoms with Gasteiger partial charge in [0.15, 0.2) is 0 Å². The number of rotatable bonds is 4. The third-order valence-electron chi connectivity index (χ3n) is 2.50. The summed E-state index contributed by atoms with van der Waals surface area (Å²) < 4.78 is 4.92. The lowest BCUT2D eigenvalue weighted by molar-refractivity contribution is 0.0744. The minimum absolute atomic E-state index is 0.0382. The number of amides is 1. The Hall–Kier alpha value is -1.55. The van der Waals surface area contributed by atoms with Crippen molar-refractivity contribution in [2.45, 2.75) is 6.92 Å². The van der Waals surface area contributed by atoms with Gasteiger partial charge in [0.25, 0.3) is 5.91 Å². The number of nitrogen functional groups attached to an aromatic ring is 1. The van der Waals surface area contributed by atoms with Crippen molar-refractivity contribution >= 4 is 11.6 Å². The summed E-state index contributed by atoms with van der Waals surface area (Å²) in [6.07, 6.45) is 0. The minimum Gasteiger partial charge on any atom is -0.398 e. The fourth-order valence-corrected chi connectivity index (χ4v) is 1.32. The van der Waals surface area contributed by atoms with Crippen LogP contribution in [0.4, 0.5) is 5.69 Å². The number of carbonyl (C=O) groups is 1. The third-order valence-corrected chi connectivity index (χ3v) is 2.50. The molecule has 1 rings (SSSR count). The van der Waals surface area contributed by atoms with Crippen molar-refractivity contribution in [3.05, 3.63) is 29.3 Å². The average Bonchev–Trinajstić information content (AvgIpc) is 2.28. The molecule has 0 fully saturated rings. The molecule has 2 N–H and O–H groups in total. The molecule has 1 aromatic carbocycles. The first-order chi connectivity index (χ1) is 7.56. The predicted molar refractivity (Wildman–Crippen MR) is 64.4 cm³/mol. The van der Waals surface area contributed by atoms with Crippen molar-refractivity contribution in [1.29, 1.82) is 0 Å². The van der Waals surface area contributed by atoms with Crippen LogP contribution in [0.25, 0.3) is 0 Å². The van der Waals surface area contributed by atoms with E-state index in [0.29, 0.717) is 24.4 Å². The van der Waals surface area contributed by atoms with Gasteiger partial charge in [0.1, 0.15) is 0 Å². The van der Waals surface area contributed by atoms with Gasteiger partial charge in [-0.25, -0.2) is 0 Å². The standard InChI is InChI=1S/C12H18N2O2/c1-9-4-5-10(8-11(9)13)12(15)14(2)6-7-16-3/h4-5,8H,6-7,13H2,1-3H3. The van der Waals surface area contributed by atoms with Crippen LogP contribution < -0.4 is 5.73 Å². The van der Waals surface area contributed by atoms with Gasteiger partial charge in [0, 0.05) is 32.0 Å². The molecule has 16 heavy (non-hydrogen) atoms. The fraction of sp³-hybridized carbons (Fsp3) is 0.417. The second kappa shape index (κ2) is 5.51. The Morgan fingerprint density at radius 2 is 2.19 bits per heavy atom. The van der Waals surface area contributed by atoms with Crippen LogP contribution in [0.3, 0.4) is 0 Å². The molecule has 0 radical (unpaired) electrons. The number of nitrogens with zero attached hydrogens (tertiary/aromatic N) is 1. The Kier molecular flexibility index (Phi) is 4.31. The van der Waals surface area contributed by atoms with Crippen LogP contribution in [0.5, 0.6) is 0 Å². The number of hydrogen-bond acceptors (Lipinski definition) is 3. The van der Waals surface area contributed by atoms with Crippen molar-refractivity contribution in [2.24, 2.45) is 0 Å². The van der Waals surface area contributed by atoms with Crippen LogP contribution in [0.15, 0.2) is 18.2 Å². The summed E-state index contributed by atoms with van der Waals surface area (Å²) in [7, 11) is 3.36. The van der Waals surface area contributed by atoms with Crippen LogP contribution in [0, 0.1) is 6.92 Å². The van der Waals surface area contributed by atoms with Gasteiger partial charge in [-0.15, -0.1) is 0 Å². The van der Waals surface area contributed by atoms with Gasteiger partial charge in [-0.2, -0.15) is 0 Å². The Morgan fingerprint density at radius 1 is 1.50 bits per heavy atom. The zero-order valence-corrected chi connectivity index (χ0v) is 9.99. The molecule has 1 amide bonds. The van der Waals surface area contributed by atoms with E-state index >= 15 is 0 Å². The highest BCUT2D eigenvalue weighted by Gasteiger charge is 2.11. The van der Waals surface area contributed by atoms with E-state index in [4.69, 9.17) is 10.5 Å². The minimum atomic E-state index is -0.0382. The summed E-state index contributed by atoms with van der Waals surface area (Å²) in [6, 6.07) is 5.35. The van der Waals surface area contributed by atoms with E-state index in [1.54, 1.807) is 31.2 Å². The molecule has 0 unspecified atom stereocenters. The summed E-state index contributed by atoms with van der Waals surface area (Å²) in [5.74, 6) is -0.0382. The van der Waals surface area contributed by atoms with E-state index in [9.17, 15) is 4.79 Å². The van der Waals surface area contributed by atoms with Crippen molar-refractivity contribution < 1.29 is 9.53 Å². The van der Waals surface area contributed by atoms with Gasteiger partial charge in [0.2, 0.25) is 0 Å². The zero-order chi connectivity index (χ0) is 12.1.